The van der Waals surface area contributed by atoms with Crippen molar-refractivity contribution in [2.45, 2.75) is 71.8 Å². The van der Waals surface area contributed by atoms with Crippen LogP contribution in [0.25, 0.3) is 11.1 Å². The zero-order valence-corrected chi connectivity index (χ0v) is 25.5. The summed E-state index contributed by atoms with van der Waals surface area (Å²) < 4.78 is 36.3. The average Bonchev–Trinajstić information content (AvgIpc) is 2.96. The van der Waals surface area contributed by atoms with Gasteiger partial charge in [0.15, 0.2) is 0 Å². The molecule has 2 amide bonds. The van der Waals surface area contributed by atoms with Crippen LogP contribution in [0.2, 0.25) is 0 Å². The fraction of sp³-hybridized carbons (Fsp3) is 0.382. The van der Waals surface area contributed by atoms with E-state index in [-0.39, 0.29) is 42.2 Å². The maximum atomic E-state index is 15.4. The van der Waals surface area contributed by atoms with Crippen molar-refractivity contribution in [1.82, 2.24) is 4.90 Å². The summed E-state index contributed by atoms with van der Waals surface area (Å²) in [5.74, 6) is -3.99. The summed E-state index contributed by atoms with van der Waals surface area (Å²) in [6.07, 6.45) is -1.17. The van der Waals surface area contributed by atoms with Crippen LogP contribution < -0.4 is 10.1 Å². The Morgan fingerprint density at radius 1 is 0.953 bits per heavy atom. The monoisotopic (exact) mass is 594 g/mol. The standard InChI is InChI=1S/C34H41F2N3O4/c1-6-39(32(42)38-22-23-11-14-27(15-12-23)33(3,4)5)30(37)17-18-34(35,36)28-10-8-9-24(20-28)25-13-16-29(43-7-2)26(19-25)21-31(40)41/h8-16,19-20,37H,6-7,17-18,21-22H2,1-5H3,(H,38,42)(H,40,41)/p+1. The number of quaternary nitrogens is 1. The van der Waals surface area contributed by atoms with Crippen molar-refractivity contribution in [3.8, 4) is 16.9 Å². The van der Waals surface area contributed by atoms with Crippen molar-refractivity contribution in [2.75, 3.05) is 13.2 Å². The van der Waals surface area contributed by atoms with E-state index in [1.54, 1.807) is 38.1 Å². The predicted molar refractivity (Wildman–Crippen MR) is 164 cm³/mol. The van der Waals surface area contributed by atoms with Crippen molar-refractivity contribution in [2.24, 2.45) is 0 Å². The minimum Gasteiger partial charge on any atom is -0.494 e. The van der Waals surface area contributed by atoms with E-state index in [2.05, 4.69) is 20.8 Å². The molecule has 0 atom stereocenters. The molecule has 7 nitrogen and oxygen atoms in total. The minimum absolute atomic E-state index is 0.0241. The van der Waals surface area contributed by atoms with Gasteiger partial charge in [0, 0.05) is 36.1 Å². The smallest absolute Gasteiger partial charge is 0.421 e. The first-order valence-corrected chi connectivity index (χ1v) is 14.5. The zero-order chi connectivity index (χ0) is 31.8. The van der Waals surface area contributed by atoms with E-state index >= 15 is 8.78 Å². The molecule has 0 aromatic heterocycles. The number of carboxylic acid groups (broad SMARTS) is 1. The fourth-order valence-corrected chi connectivity index (χ4v) is 4.77. The number of rotatable bonds is 12. The molecule has 3 aromatic carbocycles. The summed E-state index contributed by atoms with van der Waals surface area (Å²) in [5, 5.41) is 19.2. The van der Waals surface area contributed by atoms with Gasteiger partial charge in [0.2, 0.25) is 0 Å². The number of primary amides is 1. The van der Waals surface area contributed by atoms with Gasteiger partial charge in [-0.15, -0.1) is 0 Å². The third kappa shape index (κ3) is 9.19. The summed E-state index contributed by atoms with van der Waals surface area (Å²) >= 11 is 0. The molecule has 0 saturated heterocycles. The van der Waals surface area contributed by atoms with E-state index in [1.165, 1.54) is 34.0 Å². The number of nitrogens with one attached hydrogen (secondary N) is 1. The van der Waals surface area contributed by atoms with Gasteiger partial charge in [-0.3, -0.25) is 20.4 Å². The largest absolute Gasteiger partial charge is 0.494 e. The summed E-state index contributed by atoms with van der Waals surface area (Å²) in [7, 11) is 0. The number of ether oxygens (including phenoxy) is 1. The van der Waals surface area contributed by atoms with E-state index in [0.717, 1.165) is 5.56 Å². The van der Waals surface area contributed by atoms with Crippen LogP contribution in [0, 0.1) is 5.41 Å². The molecule has 0 aliphatic carbocycles. The number of hydrogen-bond acceptors (Lipinski definition) is 4. The minimum atomic E-state index is -3.25. The number of amidine groups is 1. The van der Waals surface area contributed by atoms with Gasteiger partial charge < -0.3 is 9.84 Å². The number of urea groups is 1. The number of halogens is 2. The van der Waals surface area contributed by atoms with Crippen LogP contribution >= 0.6 is 0 Å². The Kier molecular flexibility index (Phi) is 11.2. The van der Waals surface area contributed by atoms with E-state index in [4.69, 9.17) is 10.1 Å². The molecule has 0 aliphatic rings. The first-order valence-electron chi connectivity index (χ1n) is 14.5. The molecule has 4 N–H and O–H groups in total. The number of hydrogen-bond donors (Lipinski definition) is 3. The molecule has 0 radical (unpaired) electrons. The predicted octanol–water partition coefficient (Wildman–Crippen LogP) is 6.73. The van der Waals surface area contributed by atoms with Crippen molar-refractivity contribution < 1.29 is 33.5 Å². The molecule has 0 heterocycles. The van der Waals surface area contributed by atoms with E-state index in [9.17, 15) is 14.7 Å². The maximum absolute atomic E-state index is 15.4. The Morgan fingerprint density at radius 3 is 2.23 bits per heavy atom. The molecule has 3 rings (SSSR count). The zero-order valence-electron chi connectivity index (χ0n) is 25.5. The topological polar surface area (TPSA) is 107 Å². The fourth-order valence-electron chi connectivity index (χ4n) is 4.77. The number of carbonyl (C=O) groups excluding carboxylic acids is 1. The normalized spacial score (nSPS) is 11.7. The summed E-state index contributed by atoms with van der Waals surface area (Å²) in [6.45, 7) is 10.9. The Balaban J connectivity index is 1.66. The van der Waals surface area contributed by atoms with E-state index < -0.39 is 18.3 Å². The van der Waals surface area contributed by atoms with Gasteiger partial charge in [-0.2, -0.15) is 0 Å². The molecule has 230 valence electrons. The Labute approximate surface area is 252 Å². The highest BCUT2D eigenvalue weighted by Crippen LogP contribution is 2.36. The second kappa shape index (κ2) is 14.4. The van der Waals surface area contributed by atoms with Gasteiger partial charge in [0.1, 0.15) is 18.1 Å². The highest BCUT2D eigenvalue weighted by Gasteiger charge is 2.33. The lowest BCUT2D eigenvalue weighted by molar-refractivity contribution is -0.577. The Hall–Kier alpha value is -4.11. The quantitative estimate of drug-likeness (QED) is 0.160. The first kappa shape index (κ1) is 33.4. The number of nitrogens with two attached hydrogens (primary N) is 1. The van der Waals surface area contributed by atoms with Crippen LogP contribution in [0.15, 0.2) is 66.7 Å². The van der Waals surface area contributed by atoms with E-state index in [0.29, 0.717) is 35.6 Å². The second-order valence-corrected chi connectivity index (χ2v) is 11.5. The lowest BCUT2D eigenvalue weighted by Gasteiger charge is -2.22. The highest BCUT2D eigenvalue weighted by atomic mass is 19.3. The van der Waals surface area contributed by atoms with Crippen molar-refractivity contribution >= 4 is 17.8 Å². The Bertz CT molecular complexity index is 1430. The van der Waals surface area contributed by atoms with Crippen molar-refractivity contribution in [3.05, 3.63) is 89.0 Å². The van der Waals surface area contributed by atoms with Gasteiger partial charge in [-0.25, -0.2) is 13.6 Å². The van der Waals surface area contributed by atoms with Gasteiger partial charge in [-0.1, -0.05) is 69.3 Å². The number of amides is 2. The molecule has 3 aromatic rings. The second-order valence-electron chi connectivity index (χ2n) is 11.5. The van der Waals surface area contributed by atoms with Gasteiger partial charge in [-0.05, 0) is 54.2 Å². The average molecular weight is 595 g/mol. The number of carbonyl (C=O) groups is 2. The highest BCUT2D eigenvalue weighted by molar-refractivity contribution is 5.92. The summed E-state index contributed by atoms with van der Waals surface area (Å²) in [5.41, 5.74) is 3.52. The van der Waals surface area contributed by atoms with E-state index in [1.807, 2.05) is 24.3 Å². The number of alkyl halides is 2. The van der Waals surface area contributed by atoms with Crippen LogP contribution in [0.5, 0.6) is 5.75 Å². The van der Waals surface area contributed by atoms with Crippen LogP contribution in [-0.4, -0.2) is 41.0 Å². The van der Waals surface area contributed by atoms with Crippen molar-refractivity contribution in [1.29, 1.82) is 5.41 Å². The van der Waals surface area contributed by atoms with Gasteiger partial charge in [0.05, 0.1) is 13.0 Å². The molecule has 0 aliphatic heterocycles. The summed E-state index contributed by atoms with van der Waals surface area (Å²) in [4.78, 5) is 25.4. The van der Waals surface area contributed by atoms with Crippen LogP contribution in [0.4, 0.5) is 13.6 Å². The van der Waals surface area contributed by atoms with Gasteiger partial charge >= 0.3 is 12.0 Å². The van der Waals surface area contributed by atoms with Crippen LogP contribution in [0.3, 0.4) is 0 Å². The Morgan fingerprint density at radius 2 is 1.63 bits per heavy atom. The molecule has 43 heavy (non-hydrogen) atoms. The molecule has 9 heteroatoms. The van der Waals surface area contributed by atoms with Crippen LogP contribution in [0.1, 0.15) is 69.7 Å². The van der Waals surface area contributed by atoms with Crippen molar-refractivity contribution in [3.63, 3.8) is 0 Å². The number of benzene rings is 3. The number of carboxylic acids is 1. The van der Waals surface area contributed by atoms with Gasteiger partial charge in [0.25, 0.3) is 5.92 Å². The third-order valence-corrected chi connectivity index (χ3v) is 7.24. The molecular weight excluding hydrogens is 552 g/mol. The molecule has 0 bridgehead atoms. The molecule has 0 fully saturated rings. The molecule has 0 unspecified atom stereocenters. The first-order chi connectivity index (χ1) is 20.2. The maximum Gasteiger partial charge on any atom is 0.421 e. The lowest BCUT2D eigenvalue weighted by atomic mass is 9.87. The SMILES string of the molecule is CCOc1ccc(-c2cccc(C(F)(F)CCC(=N)N(CC)C(=O)[NH2+]Cc3ccc(C(C)(C)C)cc3)c2)cc1CC(=O)O. The number of nitrogens with zero attached hydrogens (tertiary/aromatic N) is 1. The summed E-state index contributed by atoms with van der Waals surface area (Å²) in [6, 6.07) is 18.6. The molecule has 0 saturated carbocycles. The third-order valence-electron chi connectivity index (χ3n) is 7.24. The lowest BCUT2D eigenvalue weighted by Crippen LogP contribution is -2.89. The van der Waals surface area contributed by atoms with Crippen LogP contribution in [-0.2, 0) is 29.1 Å². The molecular formula is C34H42F2N3O4+. The number of aliphatic carboxylic acids is 1. The molecule has 0 spiro atoms.